The predicted molar refractivity (Wildman–Crippen MR) is 76.3 cm³/mol. The second-order valence-electron chi connectivity index (χ2n) is 5.22. The van der Waals surface area contributed by atoms with E-state index in [1.807, 2.05) is 13.8 Å². The highest BCUT2D eigenvalue weighted by Gasteiger charge is 2.53. The maximum absolute atomic E-state index is 12.4. The normalized spacial score (nSPS) is 31.2. The molecule has 9 heteroatoms. The number of ether oxygens (including phenoxy) is 1. The van der Waals surface area contributed by atoms with E-state index in [2.05, 4.69) is 0 Å². The smallest absolute Gasteiger partial charge is 0.364 e. The van der Waals surface area contributed by atoms with Gasteiger partial charge in [0.05, 0.1) is 6.10 Å². The van der Waals surface area contributed by atoms with Crippen LogP contribution in [0.15, 0.2) is 0 Å². The lowest BCUT2D eigenvalue weighted by Crippen LogP contribution is -2.62. The molecule has 0 spiro atoms. The van der Waals surface area contributed by atoms with Crippen LogP contribution in [-0.2, 0) is 14.3 Å². The van der Waals surface area contributed by atoms with E-state index in [0.29, 0.717) is 25.9 Å². The third-order valence-electron chi connectivity index (χ3n) is 3.39. The van der Waals surface area contributed by atoms with Crippen molar-refractivity contribution in [1.29, 1.82) is 0 Å². The molecule has 4 atom stereocenters. The lowest BCUT2D eigenvalue weighted by atomic mass is 9.94. The van der Waals surface area contributed by atoms with E-state index < -0.39 is 42.4 Å². The summed E-state index contributed by atoms with van der Waals surface area (Å²) in [7, 11) is 0. The highest BCUT2D eigenvalue weighted by atomic mass is 16.7. The molecule has 1 fully saturated rings. The molecule has 1 rings (SSSR count). The summed E-state index contributed by atoms with van der Waals surface area (Å²) in [5.41, 5.74) is 0. The van der Waals surface area contributed by atoms with Gasteiger partial charge in [-0.2, -0.15) is 0 Å². The molecule has 1 amide bonds. The van der Waals surface area contributed by atoms with Crippen LogP contribution in [0.3, 0.4) is 0 Å². The third-order valence-corrected chi connectivity index (χ3v) is 3.39. The van der Waals surface area contributed by atoms with Gasteiger partial charge >= 0.3 is 5.97 Å². The van der Waals surface area contributed by atoms with E-state index in [9.17, 15) is 24.9 Å². The lowest BCUT2D eigenvalue weighted by Gasteiger charge is -2.40. The largest absolute Gasteiger partial charge is 0.477 e. The van der Waals surface area contributed by atoms with Gasteiger partial charge in [-0.3, -0.25) is 4.79 Å². The molecule has 0 aromatic rings. The molecule has 1 heterocycles. The summed E-state index contributed by atoms with van der Waals surface area (Å²) < 4.78 is 4.91. The van der Waals surface area contributed by atoms with Gasteiger partial charge in [0, 0.05) is 19.5 Å². The van der Waals surface area contributed by atoms with Gasteiger partial charge in [0.25, 0.3) is 11.7 Å². The molecule has 9 nitrogen and oxygen atoms in total. The van der Waals surface area contributed by atoms with E-state index in [0.717, 1.165) is 0 Å². The summed E-state index contributed by atoms with van der Waals surface area (Å²) in [5.74, 6) is -5.02. The van der Waals surface area contributed by atoms with Crippen LogP contribution in [0.25, 0.3) is 0 Å². The number of aliphatic carboxylic acids is 1. The maximum atomic E-state index is 12.4. The molecule has 0 aromatic heterocycles. The average Bonchev–Trinajstić information content (AvgIpc) is 2.41. The van der Waals surface area contributed by atoms with Crippen LogP contribution < -0.4 is 6.15 Å². The van der Waals surface area contributed by atoms with Crippen molar-refractivity contribution in [2.45, 2.75) is 57.2 Å². The number of aliphatic hydroxyl groups excluding tert-OH is 2. The number of hydrogen-bond acceptors (Lipinski definition) is 7. The molecule has 0 radical (unpaired) electrons. The van der Waals surface area contributed by atoms with Crippen molar-refractivity contribution >= 4 is 11.9 Å². The zero-order valence-electron chi connectivity index (χ0n) is 12.9. The van der Waals surface area contributed by atoms with Gasteiger partial charge in [-0.15, -0.1) is 0 Å². The molecular weight excluding hydrogens is 296 g/mol. The number of nitrogens with zero attached hydrogens (tertiary/aromatic N) is 1. The summed E-state index contributed by atoms with van der Waals surface area (Å²) in [5, 5.41) is 38.4. The second-order valence-corrected chi connectivity index (χ2v) is 5.22. The van der Waals surface area contributed by atoms with Gasteiger partial charge in [-0.25, -0.2) is 4.79 Å². The van der Waals surface area contributed by atoms with Gasteiger partial charge in [-0.05, 0) is 12.8 Å². The van der Waals surface area contributed by atoms with Crippen molar-refractivity contribution in [1.82, 2.24) is 11.1 Å². The van der Waals surface area contributed by atoms with Crippen molar-refractivity contribution in [3.63, 3.8) is 0 Å². The Morgan fingerprint density at radius 1 is 1.23 bits per heavy atom. The third kappa shape index (κ3) is 4.37. The van der Waals surface area contributed by atoms with E-state index >= 15 is 0 Å². The van der Waals surface area contributed by atoms with E-state index in [-0.39, 0.29) is 6.15 Å². The molecule has 7 N–H and O–H groups in total. The number of carbonyl (C=O) groups is 2. The Labute approximate surface area is 129 Å². The summed E-state index contributed by atoms with van der Waals surface area (Å²) in [6.07, 6.45) is -4.07. The Morgan fingerprint density at radius 3 is 2.14 bits per heavy atom. The lowest BCUT2D eigenvalue weighted by molar-refractivity contribution is -0.289. The summed E-state index contributed by atoms with van der Waals surface area (Å²) in [4.78, 5) is 24.8. The van der Waals surface area contributed by atoms with Crippen LogP contribution in [0.1, 0.15) is 33.1 Å². The van der Waals surface area contributed by atoms with Crippen molar-refractivity contribution in [3.05, 3.63) is 0 Å². The topological polar surface area (TPSA) is 163 Å². The van der Waals surface area contributed by atoms with Crippen LogP contribution in [0, 0.1) is 0 Å². The first-order valence-corrected chi connectivity index (χ1v) is 7.05. The molecule has 130 valence electrons. The number of amides is 1. The molecule has 1 aliphatic rings. The first-order valence-electron chi connectivity index (χ1n) is 7.05. The number of hydrogen-bond donors (Lipinski definition) is 5. The molecule has 1 aliphatic heterocycles. The highest BCUT2D eigenvalue weighted by molar-refractivity contribution is 5.83. The first kappa shape index (κ1) is 20.7. The Morgan fingerprint density at radius 2 is 1.73 bits per heavy atom. The van der Waals surface area contributed by atoms with Crippen LogP contribution in [0.2, 0.25) is 0 Å². The number of carbonyl (C=O) groups excluding carboxylic acids is 1. The summed E-state index contributed by atoms with van der Waals surface area (Å²) >= 11 is 0. The molecule has 0 aliphatic carbocycles. The number of carboxylic acid groups (broad SMARTS) is 1. The van der Waals surface area contributed by atoms with Crippen LogP contribution >= 0.6 is 0 Å². The standard InChI is InChI=1S/C13H23NO7.H3N/c1-3-5-14(6-4-2)11(17)10-9(16)8(15)7-13(20,21-10)12(18)19;/h8-10,15-16,20H,3-7H2,1-2H3,(H,18,19);1H3/t8-,9-,10-,13?;/m1./s1. The zero-order chi connectivity index (χ0) is 16.2. The number of rotatable bonds is 6. The van der Waals surface area contributed by atoms with Crippen molar-refractivity contribution in [2.24, 2.45) is 0 Å². The minimum absolute atomic E-state index is 0. The van der Waals surface area contributed by atoms with Gasteiger partial charge in [0.2, 0.25) is 0 Å². The van der Waals surface area contributed by atoms with Crippen molar-refractivity contribution in [3.8, 4) is 0 Å². The van der Waals surface area contributed by atoms with Gasteiger partial charge in [0.15, 0.2) is 6.10 Å². The Kier molecular flexibility index (Phi) is 7.91. The van der Waals surface area contributed by atoms with E-state index in [4.69, 9.17) is 9.84 Å². The number of aliphatic hydroxyl groups is 3. The second kappa shape index (κ2) is 8.39. The molecule has 1 saturated heterocycles. The maximum Gasteiger partial charge on any atom is 0.364 e. The Bertz CT molecular complexity index is 387. The Hall–Kier alpha value is -1.26. The monoisotopic (exact) mass is 322 g/mol. The van der Waals surface area contributed by atoms with Crippen molar-refractivity contribution in [2.75, 3.05) is 13.1 Å². The fourth-order valence-electron chi connectivity index (χ4n) is 2.32. The fourth-order valence-corrected chi connectivity index (χ4v) is 2.32. The predicted octanol–water partition coefficient (Wildman–Crippen LogP) is -0.919. The average molecular weight is 322 g/mol. The quantitative estimate of drug-likeness (QED) is 0.419. The fraction of sp³-hybridized carbons (Fsp3) is 0.846. The molecule has 1 unspecified atom stereocenters. The number of carboxylic acids is 1. The Balaban J connectivity index is 0.00000441. The van der Waals surface area contributed by atoms with Gasteiger partial charge in [0.1, 0.15) is 6.10 Å². The molecule has 0 bridgehead atoms. The van der Waals surface area contributed by atoms with Crippen LogP contribution in [0.5, 0.6) is 0 Å². The van der Waals surface area contributed by atoms with Gasteiger partial charge < -0.3 is 36.2 Å². The van der Waals surface area contributed by atoms with E-state index in [1.54, 1.807) is 0 Å². The van der Waals surface area contributed by atoms with Crippen molar-refractivity contribution < 1.29 is 34.8 Å². The zero-order valence-corrected chi connectivity index (χ0v) is 12.9. The van der Waals surface area contributed by atoms with Crippen LogP contribution in [-0.4, -0.2) is 74.4 Å². The minimum Gasteiger partial charge on any atom is -0.477 e. The SMILES string of the molecule is CCCN(CCC)C(=O)[C@@H]1OC(O)(C(=O)O)C[C@@H](O)[C@H]1O.N. The van der Waals surface area contributed by atoms with E-state index in [1.165, 1.54) is 4.90 Å². The summed E-state index contributed by atoms with van der Waals surface area (Å²) in [6, 6.07) is 0. The molecular formula is C13H26N2O7. The minimum atomic E-state index is -2.68. The highest BCUT2D eigenvalue weighted by Crippen LogP contribution is 2.29. The molecule has 0 saturated carbocycles. The van der Waals surface area contributed by atoms with Crippen LogP contribution in [0.4, 0.5) is 0 Å². The first-order chi connectivity index (χ1) is 9.76. The molecule has 22 heavy (non-hydrogen) atoms. The molecule has 0 aromatic carbocycles. The van der Waals surface area contributed by atoms with Gasteiger partial charge in [-0.1, -0.05) is 13.8 Å². The summed E-state index contributed by atoms with van der Waals surface area (Å²) in [6.45, 7) is 4.58.